The van der Waals surface area contributed by atoms with E-state index in [-0.39, 0.29) is 17.4 Å². The van der Waals surface area contributed by atoms with Crippen LogP contribution >= 0.6 is 0 Å². The summed E-state index contributed by atoms with van der Waals surface area (Å²) in [5.74, 6) is 0.516. The fourth-order valence-electron chi connectivity index (χ4n) is 1.81. The average molecular weight is 253 g/mol. The van der Waals surface area contributed by atoms with Gasteiger partial charge in [-0.15, -0.1) is 0 Å². The molecule has 0 fully saturated rings. The number of amides is 1. The lowest BCUT2D eigenvalue weighted by atomic mass is 9.87. The first-order valence-electron chi connectivity index (χ1n) is 6.64. The molecule has 104 valence electrons. The lowest BCUT2D eigenvalue weighted by Crippen LogP contribution is -2.46. The summed E-state index contributed by atoms with van der Waals surface area (Å²) in [6.45, 7) is 9.21. The summed E-state index contributed by atoms with van der Waals surface area (Å²) in [6, 6.07) is 2.03. The molecule has 0 saturated carbocycles. The molecule has 4 nitrogen and oxygen atoms in total. The first-order chi connectivity index (χ1) is 8.32. The van der Waals surface area contributed by atoms with Crippen LogP contribution in [-0.4, -0.2) is 25.5 Å². The van der Waals surface area contributed by atoms with Gasteiger partial charge in [-0.2, -0.15) is 5.26 Å². The molecule has 1 atom stereocenters. The van der Waals surface area contributed by atoms with Gasteiger partial charge in [0.25, 0.3) is 0 Å². The van der Waals surface area contributed by atoms with Crippen LogP contribution in [0.15, 0.2) is 0 Å². The maximum Gasteiger partial charge on any atom is 0.236 e. The zero-order chi connectivity index (χ0) is 14.2. The van der Waals surface area contributed by atoms with Gasteiger partial charge in [0.2, 0.25) is 5.91 Å². The molecule has 0 aliphatic rings. The maximum absolute atomic E-state index is 11.8. The molecule has 4 heteroatoms. The van der Waals surface area contributed by atoms with Crippen LogP contribution in [0.3, 0.4) is 0 Å². The van der Waals surface area contributed by atoms with Crippen molar-refractivity contribution in [3.05, 3.63) is 0 Å². The van der Waals surface area contributed by atoms with Crippen LogP contribution in [0, 0.1) is 22.7 Å². The zero-order valence-corrected chi connectivity index (χ0v) is 12.3. The minimum Gasteiger partial charge on any atom is -0.358 e. The van der Waals surface area contributed by atoms with E-state index in [1.165, 1.54) is 0 Å². The highest BCUT2D eigenvalue weighted by atomic mass is 16.2. The first kappa shape index (κ1) is 16.9. The van der Waals surface area contributed by atoms with Crippen LogP contribution in [0.1, 0.15) is 47.0 Å². The third kappa shape index (κ3) is 7.29. The number of carbonyl (C=O) groups is 1. The summed E-state index contributed by atoms with van der Waals surface area (Å²) in [5.41, 5.74) is 0.0407. The fourth-order valence-corrected chi connectivity index (χ4v) is 1.81. The number of likely N-dealkylation sites (N-methyl/N-ethyl adjacent to an activating group) is 1. The molecule has 0 aromatic carbocycles. The number of hydrogen-bond acceptors (Lipinski definition) is 3. The predicted octanol–water partition coefficient (Wildman–Crippen LogP) is 2.07. The van der Waals surface area contributed by atoms with E-state index < -0.39 is 0 Å². The lowest BCUT2D eigenvalue weighted by Gasteiger charge is -2.27. The predicted molar refractivity (Wildman–Crippen MR) is 73.9 cm³/mol. The van der Waals surface area contributed by atoms with Crippen LogP contribution in [0.25, 0.3) is 0 Å². The van der Waals surface area contributed by atoms with Crippen LogP contribution < -0.4 is 10.6 Å². The van der Waals surface area contributed by atoms with Crippen molar-refractivity contribution in [1.29, 1.82) is 5.26 Å². The molecular weight excluding hydrogens is 226 g/mol. The van der Waals surface area contributed by atoms with Crippen LogP contribution in [0.4, 0.5) is 0 Å². The number of nitrogens with zero attached hydrogens (tertiary/aromatic N) is 1. The Morgan fingerprint density at radius 3 is 2.44 bits per heavy atom. The maximum atomic E-state index is 11.8. The Hall–Kier alpha value is -1.08. The second-order valence-corrected chi connectivity index (χ2v) is 6.00. The quantitative estimate of drug-likeness (QED) is 0.696. The van der Waals surface area contributed by atoms with E-state index in [1.54, 1.807) is 7.05 Å². The molecule has 0 aliphatic carbocycles. The van der Waals surface area contributed by atoms with Gasteiger partial charge in [0.1, 0.15) is 0 Å². The molecule has 0 spiro atoms. The Labute approximate surface area is 111 Å². The van der Waals surface area contributed by atoms with Gasteiger partial charge in [-0.25, -0.2) is 0 Å². The van der Waals surface area contributed by atoms with E-state index in [4.69, 9.17) is 5.26 Å². The zero-order valence-electron chi connectivity index (χ0n) is 12.3. The standard InChI is InChI=1S/C14H27N3O/c1-11(2)9-12(13(18)16-5)17-10-14(3,4)7-6-8-15/h11-12,17H,6-7,9-10H2,1-5H3,(H,16,18). The highest BCUT2D eigenvalue weighted by Gasteiger charge is 2.23. The molecule has 18 heavy (non-hydrogen) atoms. The molecule has 1 amide bonds. The van der Waals surface area contributed by atoms with Gasteiger partial charge >= 0.3 is 0 Å². The van der Waals surface area contributed by atoms with Crippen molar-refractivity contribution in [3.63, 3.8) is 0 Å². The van der Waals surface area contributed by atoms with Crippen molar-refractivity contribution < 1.29 is 4.79 Å². The van der Waals surface area contributed by atoms with E-state index in [1.807, 2.05) is 0 Å². The monoisotopic (exact) mass is 253 g/mol. The van der Waals surface area contributed by atoms with E-state index >= 15 is 0 Å². The summed E-state index contributed by atoms with van der Waals surface area (Å²) in [4.78, 5) is 11.8. The highest BCUT2D eigenvalue weighted by Crippen LogP contribution is 2.21. The van der Waals surface area contributed by atoms with Gasteiger partial charge in [0, 0.05) is 20.0 Å². The molecule has 0 aliphatic heterocycles. The Balaban J connectivity index is 4.33. The molecular formula is C14H27N3O. The summed E-state index contributed by atoms with van der Waals surface area (Å²) >= 11 is 0. The Bertz CT molecular complexity index is 292. The molecule has 0 bridgehead atoms. The van der Waals surface area contributed by atoms with Gasteiger partial charge < -0.3 is 10.6 Å². The van der Waals surface area contributed by atoms with Crippen molar-refractivity contribution in [2.24, 2.45) is 11.3 Å². The van der Waals surface area contributed by atoms with Gasteiger partial charge in [-0.1, -0.05) is 27.7 Å². The molecule has 2 N–H and O–H groups in total. The van der Waals surface area contributed by atoms with E-state index in [0.717, 1.165) is 19.4 Å². The molecule has 0 saturated heterocycles. The summed E-state index contributed by atoms with van der Waals surface area (Å²) < 4.78 is 0. The lowest BCUT2D eigenvalue weighted by molar-refractivity contribution is -0.123. The van der Waals surface area contributed by atoms with E-state index in [0.29, 0.717) is 12.3 Å². The molecule has 0 heterocycles. The van der Waals surface area contributed by atoms with Crippen molar-refractivity contribution >= 4 is 5.91 Å². The Morgan fingerprint density at radius 1 is 1.39 bits per heavy atom. The normalized spacial score (nSPS) is 13.2. The molecule has 0 radical (unpaired) electrons. The van der Waals surface area contributed by atoms with Crippen molar-refractivity contribution in [3.8, 4) is 6.07 Å². The SMILES string of the molecule is CNC(=O)C(CC(C)C)NCC(C)(C)CCC#N. The molecule has 0 aromatic rings. The Kier molecular flexibility index (Phi) is 7.61. The van der Waals surface area contributed by atoms with Gasteiger partial charge in [-0.05, 0) is 24.2 Å². The van der Waals surface area contributed by atoms with Crippen molar-refractivity contribution in [1.82, 2.24) is 10.6 Å². The summed E-state index contributed by atoms with van der Waals surface area (Å²) in [5, 5.41) is 14.6. The Morgan fingerprint density at radius 2 is 2.00 bits per heavy atom. The van der Waals surface area contributed by atoms with Crippen molar-refractivity contribution in [2.45, 2.75) is 53.0 Å². The average Bonchev–Trinajstić information content (AvgIpc) is 2.30. The summed E-state index contributed by atoms with van der Waals surface area (Å²) in [7, 11) is 1.66. The highest BCUT2D eigenvalue weighted by molar-refractivity contribution is 5.81. The fraction of sp³-hybridized carbons (Fsp3) is 0.857. The van der Waals surface area contributed by atoms with Crippen LogP contribution in [0.5, 0.6) is 0 Å². The molecule has 1 unspecified atom stereocenters. The van der Waals surface area contributed by atoms with E-state index in [9.17, 15) is 4.79 Å². The third-order valence-electron chi connectivity index (χ3n) is 3.01. The number of hydrogen-bond donors (Lipinski definition) is 2. The van der Waals surface area contributed by atoms with Crippen molar-refractivity contribution in [2.75, 3.05) is 13.6 Å². The van der Waals surface area contributed by atoms with Crippen LogP contribution in [0.2, 0.25) is 0 Å². The topological polar surface area (TPSA) is 64.9 Å². The number of nitriles is 1. The smallest absolute Gasteiger partial charge is 0.236 e. The number of nitrogens with one attached hydrogen (secondary N) is 2. The minimum atomic E-state index is -0.142. The second kappa shape index (κ2) is 8.10. The van der Waals surface area contributed by atoms with Gasteiger partial charge in [0.05, 0.1) is 12.1 Å². The molecule has 0 rings (SSSR count). The first-order valence-corrected chi connectivity index (χ1v) is 6.64. The van der Waals surface area contributed by atoms with Crippen LogP contribution in [-0.2, 0) is 4.79 Å². The second-order valence-electron chi connectivity index (χ2n) is 6.00. The minimum absolute atomic E-state index is 0.0407. The van der Waals surface area contributed by atoms with Gasteiger partial charge in [-0.3, -0.25) is 4.79 Å². The summed E-state index contributed by atoms with van der Waals surface area (Å²) in [6.07, 6.45) is 2.23. The number of carbonyl (C=O) groups excluding carboxylic acids is 1. The third-order valence-corrected chi connectivity index (χ3v) is 3.01. The van der Waals surface area contributed by atoms with E-state index in [2.05, 4.69) is 44.4 Å². The number of rotatable bonds is 8. The largest absolute Gasteiger partial charge is 0.358 e. The molecule has 0 aromatic heterocycles. The van der Waals surface area contributed by atoms with Gasteiger partial charge in [0.15, 0.2) is 0 Å².